The summed E-state index contributed by atoms with van der Waals surface area (Å²) < 4.78 is 39.6. The zero-order chi connectivity index (χ0) is 10.8. The molecule has 0 aliphatic rings. The summed E-state index contributed by atoms with van der Waals surface area (Å²) in [5.74, 6) is -0.135. The maximum absolute atomic E-state index is 11.9. The largest absolute Gasteiger partial charge is 0.573 e. The quantitative estimate of drug-likeness (QED) is 0.707. The molecule has 0 bridgehead atoms. The first-order chi connectivity index (χ1) is 6.44. The van der Waals surface area contributed by atoms with E-state index in [1.54, 1.807) is 25.3 Å². The topological polar surface area (TPSA) is 9.23 Å². The van der Waals surface area contributed by atoms with Crippen molar-refractivity contribution < 1.29 is 17.9 Å². The van der Waals surface area contributed by atoms with Crippen LogP contribution < -0.4 is 4.74 Å². The average molecular weight is 222 g/mol. The van der Waals surface area contributed by atoms with E-state index in [1.165, 1.54) is 17.8 Å². The minimum absolute atomic E-state index is 0.135. The molecule has 0 fully saturated rings. The molecule has 0 aliphatic carbocycles. The number of ether oxygens (including phenoxy) is 1. The summed E-state index contributed by atoms with van der Waals surface area (Å²) in [4.78, 5) is 0.784. The van der Waals surface area contributed by atoms with Crippen LogP contribution >= 0.6 is 11.8 Å². The van der Waals surface area contributed by atoms with Gasteiger partial charge in [-0.25, -0.2) is 0 Å². The molecule has 0 saturated carbocycles. The Morgan fingerprint density at radius 2 is 1.93 bits per heavy atom. The van der Waals surface area contributed by atoms with Gasteiger partial charge in [-0.15, -0.1) is 24.9 Å². The fourth-order valence-corrected chi connectivity index (χ4v) is 1.67. The van der Waals surface area contributed by atoms with Crippen LogP contribution in [0.2, 0.25) is 0 Å². The van der Waals surface area contributed by atoms with Crippen molar-refractivity contribution in [2.75, 3.05) is 6.26 Å². The van der Waals surface area contributed by atoms with Crippen LogP contribution in [-0.2, 0) is 0 Å². The highest BCUT2D eigenvalue weighted by atomic mass is 32.2. The van der Waals surface area contributed by atoms with Crippen molar-refractivity contribution in [1.82, 2.24) is 0 Å². The van der Waals surface area contributed by atoms with E-state index >= 15 is 0 Å². The third kappa shape index (κ3) is 2.83. The third-order valence-corrected chi connectivity index (χ3v) is 2.56. The molecule has 0 aromatic heterocycles. The van der Waals surface area contributed by atoms with Gasteiger partial charge in [-0.05, 0) is 25.3 Å². The highest BCUT2D eigenvalue weighted by Gasteiger charge is 2.31. The first-order valence-electron chi connectivity index (χ1n) is 3.83. The van der Waals surface area contributed by atoms with Crippen LogP contribution in [-0.4, -0.2) is 12.6 Å². The van der Waals surface area contributed by atoms with E-state index < -0.39 is 6.36 Å². The van der Waals surface area contributed by atoms with Crippen molar-refractivity contribution in [2.45, 2.75) is 18.2 Å². The van der Waals surface area contributed by atoms with Crippen LogP contribution in [0.15, 0.2) is 23.1 Å². The second-order valence-electron chi connectivity index (χ2n) is 2.63. The van der Waals surface area contributed by atoms with Crippen LogP contribution in [0.1, 0.15) is 5.56 Å². The Hall–Kier alpha value is -0.840. The predicted molar refractivity (Wildman–Crippen MR) is 49.6 cm³/mol. The summed E-state index contributed by atoms with van der Waals surface area (Å²) in [6.07, 6.45) is -2.82. The molecule has 0 saturated heterocycles. The number of alkyl halides is 3. The number of benzene rings is 1. The van der Waals surface area contributed by atoms with Gasteiger partial charge in [0.05, 0.1) is 0 Å². The molecule has 1 nitrogen and oxygen atoms in total. The van der Waals surface area contributed by atoms with E-state index in [9.17, 15) is 13.2 Å². The van der Waals surface area contributed by atoms with E-state index in [-0.39, 0.29) is 5.75 Å². The normalized spacial score (nSPS) is 11.5. The number of thioether (sulfide) groups is 1. The molecule has 0 spiro atoms. The van der Waals surface area contributed by atoms with Gasteiger partial charge in [0.1, 0.15) is 5.75 Å². The lowest BCUT2D eigenvalue weighted by atomic mass is 10.2. The van der Waals surface area contributed by atoms with Gasteiger partial charge in [0.15, 0.2) is 0 Å². The van der Waals surface area contributed by atoms with E-state index in [1.807, 2.05) is 0 Å². The van der Waals surface area contributed by atoms with Gasteiger partial charge in [0, 0.05) is 10.5 Å². The average Bonchev–Trinajstić information content (AvgIpc) is 2.06. The number of rotatable bonds is 2. The Morgan fingerprint density at radius 3 is 2.43 bits per heavy atom. The minimum atomic E-state index is -4.62. The van der Waals surface area contributed by atoms with Crippen molar-refractivity contribution in [3.8, 4) is 5.75 Å². The molecule has 1 aromatic carbocycles. The summed E-state index contributed by atoms with van der Waals surface area (Å²) in [5.41, 5.74) is 0.511. The Bertz CT molecular complexity index is 322. The highest BCUT2D eigenvalue weighted by molar-refractivity contribution is 7.98. The molecular formula is C9H9F3OS. The first kappa shape index (κ1) is 11.2. The lowest BCUT2D eigenvalue weighted by molar-refractivity contribution is -0.274. The van der Waals surface area contributed by atoms with Crippen molar-refractivity contribution >= 4 is 11.8 Å². The molecule has 1 rings (SSSR count). The van der Waals surface area contributed by atoms with Gasteiger partial charge < -0.3 is 4.74 Å². The third-order valence-electron chi connectivity index (χ3n) is 1.68. The Morgan fingerprint density at radius 1 is 1.29 bits per heavy atom. The van der Waals surface area contributed by atoms with Crippen molar-refractivity contribution in [1.29, 1.82) is 0 Å². The fraction of sp³-hybridized carbons (Fsp3) is 0.333. The second-order valence-corrected chi connectivity index (χ2v) is 3.48. The summed E-state index contributed by atoms with van der Waals surface area (Å²) in [6.45, 7) is 1.60. The van der Waals surface area contributed by atoms with E-state index in [4.69, 9.17) is 0 Å². The molecule has 0 N–H and O–H groups in total. The molecular weight excluding hydrogens is 213 g/mol. The zero-order valence-corrected chi connectivity index (χ0v) is 8.50. The lowest BCUT2D eigenvalue weighted by Crippen LogP contribution is -2.17. The number of hydrogen-bond acceptors (Lipinski definition) is 2. The van der Waals surface area contributed by atoms with Gasteiger partial charge in [0.25, 0.3) is 0 Å². The van der Waals surface area contributed by atoms with E-state index in [0.29, 0.717) is 5.56 Å². The standard InChI is InChI=1S/C9H9F3OS/c1-6-7(13-9(10,11)12)4-3-5-8(6)14-2/h3-5H,1-2H3. The molecule has 0 radical (unpaired) electrons. The van der Waals surface area contributed by atoms with Gasteiger partial charge in [0.2, 0.25) is 0 Å². The SMILES string of the molecule is CSc1cccc(OC(F)(F)F)c1C. The Balaban J connectivity index is 2.98. The molecule has 0 atom stereocenters. The monoisotopic (exact) mass is 222 g/mol. The van der Waals surface area contributed by atoms with Crippen molar-refractivity contribution in [3.05, 3.63) is 23.8 Å². The van der Waals surface area contributed by atoms with E-state index in [2.05, 4.69) is 4.74 Å². The molecule has 0 unspecified atom stereocenters. The van der Waals surface area contributed by atoms with Crippen LogP contribution in [0.5, 0.6) is 5.75 Å². The number of hydrogen-bond donors (Lipinski definition) is 0. The number of halogens is 3. The highest BCUT2D eigenvalue weighted by Crippen LogP contribution is 2.31. The zero-order valence-electron chi connectivity index (χ0n) is 7.68. The van der Waals surface area contributed by atoms with Crippen LogP contribution in [0.25, 0.3) is 0 Å². The summed E-state index contributed by atoms with van der Waals surface area (Å²) >= 11 is 1.39. The van der Waals surface area contributed by atoms with Crippen LogP contribution in [0.4, 0.5) is 13.2 Å². The van der Waals surface area contributed by atoms with Crippen LogP contribution in [0.3, 0.4) is 0 Å². The molecule has 0 heterocycles. The summed E-state index contributed by atoms with van der Waals surface area (Å²) in [7, 11) is 0. The lowest BCUT2D eigenvalue weighted by Gasteiger charge is -2.12. The van der Waals surface area contributed by atoms with Gasteiger partial charge in [-0.1, -0.05) is 6.07 Å². The van der Waals surface area contributed by atoms with Crippen molar-refractivity contribution in [2.24, 2.45) is 0 Å². The Labute approximate surface area is 84.3 Å². The summed E-state index contributed by atoms with van der Waals surface area (Å²) in [5, 5.41) is 0. The Kier molecular flexibility index (Phi) is 3.31. The van der Waals surface area contributed by atoms with Crippen LogP contribution in [0, 0.1) is 6.92 Å². The van der Waals surface area contributed by atoms with Gasteiger partial charge in [-0.2, -0.15) is 0 Å². The fourth-order valence-electron chi connectivity index (χ4n) is 1.05. The summed E-state index contributed by atoms with van der Waals surface area (Å²) in [6, 6.07) is 4.60. The molecule has 0 aliphatic heterocycles. The molecule has 14 heavy (non-hydrogen) atoms. The second kappa shape index (κ2) is 4.13. The molecule has 5 heteroatoms. The maximum Gasteiger partial charge on any atom is 0.573 e. The minimum Gasteiger partial charge on any atom is -0.405 e. The maximum atomic E-state index is 11.9. The van der Waals surface area contributed by atoms with Gasteiger partial charge in [-0.3, -0.25) is 0 Å². The molecule has 0 amide bonds. The molecule has 78 valence electrons. The first-order valence-corrected chi connectivity index (χ1v) is 5.06. The smallest absolute Gasteiger partial charge is 0.405 e. The predicted octanol–water partition coefficient (Wildman–Crippen LogP) is 3.62. The van der Waals surface area contributed by atoms with Crippen molar-refractivity contribution in [3.63, 3.8) is 0 Å². The van der Waals surface area contributed by atoms with E-state index in [0.717, 1.165) is 4.90 Å². The molecule has 1 aromatic rings. The van der Waals surface area contributed by atoms with Gasteiger partial charge >= 0.3 is 6.36 Å².